The maximum absolute atomic E-state index is 12.5. The van der Waals surface area contributed by atoms with Gasteiger partial charge in [0.05, 0.1) is 6.26 Å². The molecule has 3 heterocycles. The SMILES string of the molecule is CCc1nnc(CN2C(=O)N[C@@](C)(c3ccco3)C2=O)o1. The van der Waals surface area contributed by atoms with Crippen molar-refractivity contribution in [3.8, 4) is 0 Å². The highest BCUT2D eigenvalue weighted by Crippen LogP contribution is 2.29. The van der Waals surface area contributed by atoms with Gasteiger partial charge in [-0.25, -0.2) is 4.79 Å². The summed E-state index contributed by atoms with van der Waals surface area (Å²) in [6.45, 7) is 3.41. The van der Waals surface area contributed by atoms with Crippen molar-refractivity contribution in [1.29, 1.82) is 0 Å². The van der Waals surface area contributed by atoms with Gasteiger partial charge in [-0.3, -0.25) is 9.69 Å². The molecule has 1 fully saturated rings. The molecule has 8 nitrogen and oxygen atoms in total. The first-order valence-corrected chi connectivity index (χ1v) is 6.54. The number of carbonyl (C=O) groups is 2. The summed E-state index contributed by atoms with van der Waals surface area (Å²) in [4.78, 5) is 25.6. The molecule has 0 aliphatic carbocycles. The Morgan fingerprint density at radius 2 is 2.10 bits per heavy atom. The van der Waals surface area contributed by atoms with E-state index >= 15 is 0 Å². The van der Waals surface area contributed by atoms with Gasteiger partial charge in [-0.1, -0.05) is 6.92 Å². The molecule has 1 N–H and O–H groups in total. The first-order chi connectivity index (χ1) is 10.0. The quantitative estimate of drug-likeness (QED) is 0.849. The van der Waals surface area contributed by atoms with Crippen LogP contribution in [-0.4, -0.2) is 27.0 Å². The molecular formula is C13H14N4O4. The number of hydrogen-bond donors (Lipinski definition) is 1. The van der Waals surface area contributed by atoms with Crippen LogP contribution in [0.1, 0.15) is 31.4 Å². The lowest BCUT2D eigenvalue weighted by Gasteiger charge is -2.18. The predicted octanol–water partition coefficient (Wildman–Crippen LogP) is 1.19. The summed E-state index contributed by atoms with van der Waals surface area (Å²) in [7, 11) is 0. The smallest absolute Gasteiger partial charge is 0.325 e. The number of rotatable bonds is 4. The Morgan fingerprint density at radius 3 is 2.71 bits per heavy atom. The number of furan rings is 1. The summed E-state index contributed by atoms with van der Waals surface area (Å²) >= 11 is 0. The molecule has 0 saturated carbocycles. The molecule has 2 aromatic heterocycles. The second-order valence-electron chi connectivity index (χ2n) is 4.87. The number of nitrogens with one attached hydrogen (secondary N) is 1. The van der Waals surface area contributed by atoms with Gasteiger partial charge in [-0.15, -0.1) is 10.2 Å². The molecule has 1 saturated heterocycles. The normalized spacial score (nSPS) is 21.9. The van der Waals surface area contributed by atoms with E-state index in [1.165, 1.54) is 6.26 Å². The zero-order valence-electron chi connectivity index (χ0n) is 11.6. The van der Waals surface area contributed by atoms with Crippen molar-refractivity contribution in [2.45, 2.75) is 32.4 Å². The van der Waals surface area contributed by atoms with Crippen molar-refractivity contribution in [1.82, 2.24) is 20.4 Å². The van der Waals surface area contributed by atoms with E-state index in [2.05, 4.69) is 15.5 Å². The molecular weight excluding hydrogens is 276 g/mol. The second-order valence-corrected chi connectivity index (χ2v) is 4.87. The van der Waals surface area contributed by atoms with E-state index < -0.39 is 17.5 Å². The molecule has 3 rings (SSSR count). The lowest BCUT2D eigenvalue weighted by molar-refractivity contribution is -0.132. The lowest BCUT2D eigenvalue weighted by Crippen LogP contribution is -2.40. The van der Waals surface area contributed by atoms with E-state index in [-0.39, 0.29) is 12.4 Å². The van der Waals surface area contributed by atoms with Crippen molar-refractivity contribution in [3.63, 3.8) is 0 Å². The molecule has 2 aromatic rings. The van der Waals surface area contributed by atoms with Gasteiger partial charge < -0.3 is 14.2 Å². The summed E-state index contributed by atoms with van der Waals surface area (Å²) in [5, 5.41) is 10.3. The second kappa shape index (κ2) is 4.72. The van der Waals surface area contributed by atoms with Gasteiger partial charge in [-0.05, 0) is 19.1 Å². The number of aromatic nitrogens is 2. The average molecular weight is 290 g/mol. The molecule has 1 aliphatic heterocycles. The van der Waals surface area contributed by atoms with Crippen LogP contribution in [0.3, 0.4) is 0 Å². The first kappa shape index (κ1) is 13.3. The van der Waals surface area contributed by atoms with E-state index in [4.69, 9.17) is 8.83 Å². The van der Waals surface area contributed by atoms with Crippen LogP contribution in [-0.2, 0) is 23.3 Å². The fourth-order valence-corrected chi connectivity index (χ4v) is 2.20. The maximum atomic E-state index is 12.5. The molecule has 0 aromatic carbocycles. The molecule has 21 heavy (non-hydrogen) atoms. The Kier molecular flexibility index (Phi) is 3.00. The van der Waals surface area contributed by atoms with Crippen LogP contribution >= 0.6 is 0 Å². The standard InChI is InChI=1S/C13H14N4O4/c1-3-9-15-16-10(21-9)7-17-11(18)13(2,14-12(17)19)8-5-4-6-20-8/h4-6H,3,7H2,1-2H3,(H,14,19)/t13-/m0/s1. The minimum Gasteiger partial charge on any atom is -0.466 e. The Bertz CT molecular complexity index is 678. The number of hydrogen-bond acceptors (Lipinski definition) is 6. The summed E-state index contributed by atoms with van der Waals surface area (Å²) in [6.07, 6.45) is 2.05. The highest BCUT2D eigenvalue weighted by molar-refractivity contribution is 6.06. The summed E-state index contributed by atoms with van der Waals surface area (Å²) in [6, 6.07) is 2.78. The molecule has 1 aliphatic rings. The van der Waals surface area contributed by atoms with Crippen molar-refractivity contribution in [2.75, 3.05) is 0 Å². The number of imide groups is 1. The summed E-state index contributed by atoms with van der Waals surface area (Å²) < 4.78 is 10.6. The Hall–Kier alpha value is -2.64. The van der Waals surface area contributed by atoms with Gasteiger partial charge >= 0.3 is 6.03 Å². The third-order valence-electron chi connectivity index (χ3n) is 3.39. The molecule has 0 radical (unpaired) electrons. The van der Waals surface area contributed by atoms with Gasteiger partial charge in [0.2, 0.25) is 11.8 Å². The van der Waals surface area contributed by atoms with Gasteiger partial charge in [0.15, 0.2) is 5.54 Å². The minimum absolute atomic E-state index is 0.0615. The zero-order chi connectivity index (χ0) is 15.0. The van der Waals surface area contributed by atoms with Crippen LogP contribution in [0.25, 0.3) is 0 Å². The average Bonchev–Trinajstić information content (AvgIpc) is 3.17. The zero-order valence-corrected chi connectivity index (χ0v) is 11.6. The van der Waals surface area contributed by atoms with Crippen LogP contribution in [0.15, 0.2) is 27.2 Å². The molecule has 3 amide bonds. The summed E-state index contributed by atoms with van der Waals surface area (Å²) in [5.41, 5.74) is -1.21. The molecule has 0 spiro atoms. The molecule has 0 unspecified atom stereocenters. The maximum Gasteiger partial charge on any atom is 0.325 e. The number of amides is 3. The van der Waals surface area contributed by atoms with Crippen LogP contribution < -0.4 is 5.32 Å². The minimum atomic E-state index is -1.21. The summed E-state index contributed by atoms with van der Waals surface area (Å²) in [5.74, 6) is 0.645. The molecule has 110 valence electrons. The van der Waals surface area contributed by atoms with Crippen LogP contribution in [0, 0.1) is 0 Å². The van der Waals surface area contributed by atoms with Crippen molar-refractivity contribution in [3.05, 3.63) is 35.9 Å². The van der Waals surface area contributed by atoms with Gasteiger partial charge in [0, 0.05) is 6.42 Å². The number of carbonyl (C=O) groups excluding carboxylic acids is 2. The van der Waals surface area contributed by atoms with Crippen molar-refractivity contribution >= 4 is 11.9 Å². The van der Waals surface area contributed by atoms with Crippen molar-refractivity contribution in [2.24, 2.45) is 0 Å². The van der Waals surface area contributed by atoms with Crippen LogP contribution in [0.4, 0.5) is 4.79 Å². The van der Waals surface area contributed by atoms with E-state index in [0.29, 0.717) is 18.1 Å². The molecule has 8 heteroatoms. The van der Waals surface area contributed by atoms with E-state index in [1.54, 1.807) is 19.1 Å². The Labute approximate surface area is 120 Å². The highest BCUT2D eigenvalue weighted by Gasteiger charge is 2.51. The number of nitrogens with zero attached hydrogens (tertiary/aromatic N) is 3. The first-order valence-electron chi connectivity index (χ1n) is 6.54. The predicted molar refractivity (Wildman–Crippen MR) is 68.8 cm³/mol. The van der Waals surface area contributed by atoms with E-state index in [9.17, 15) is 9.59 Å². The van der Waals surface area contributed by atoms with Gasteiger partial charge in [0.25, 0.3) is 5.91 Å². The highest BCUT2D eigenvalue weighted by atomic mass is 16.4. The number of aryl methyl sites for hydroxylation is 1. The fraction of sp³-hybridized carbons (Fsp3) is 0.385. The van der Waals surface area contributed by atoms with Crippen LogP contribution in [0.5, 0.6) is 0 Å². The van der Waals surface area contributed by atoms with Gasteiger partial charge in [-0.2, -0.15) is 0 Å². The third kappa shape index (κ3) is 2.08. The van der Waals surface area contributed by atoms with Crippen molar-refractivity contribution < 1.29 is 18.4 Å². The van der Waals surface area contributed by atoms with E-state index in [0.717, 1.165) is 4.90 Å². The Morgan fingerprint density at radius 1 is 1.33 bits per heavy atom. The topological polar surface area (TPSA) is 101 Å². The van der Waals surface area contributed by atoms with E-state index in [1.807, 2.05) is 6.92 Å². The monoisotopic (exact) mass is 290 g/mol. The van der Waals surface area contributed by atoms with Crippen LogP contribution in [0.2, 0.25) is 0 Å². The lowest BCUT2D eigenvalue weighted by atomic mass is 9.99. The number of urea groups is 1. The molecule has 0 bridgehead atoms. The fourth-order valence-electron chi connectivity index (χ4n) is 2.20. The third-order valence-corrected chi connectivity index (χ3v) is 3.39. The Balaban J connectivity index is 1.84. The van der Waals surface area contributed by atoms with Gasteiger partial charge in [0.1, 0.15) is 12.3 Å². The largest absolute Gasteiger partial charge is 0.466 e. The molecule has 1 atom stereocenters.